The molecule has 0 unspecified atom stereocenters. The second-order valence-electron chi connectivity index (χ2n) is 5.52. The molecule has 1 aromatic heterocycles. The van der Waals surface area contributed by atoms with E-state index in [0.717, 1.165) is 24.5 Å². The average Bonchev–Trinajstić information content (AvgIpc) is 2.63. The van der Waals surface area contributed by atoms with Gasteiger partial charge in [0.2, 0.25) is 0 Å². The lowest BCUT2D eigenvalue weighted by atomic mass is 10.2. The molecule has 2 aromatic rings. The monoisotopic (exact) mass is 345 g/mol. The predicted octanol–water partition coefficient (Wildman–Crippen LogP) is 3.10. The largest absolute Gasteiger partial charge is 0.492 e. The number of benzene rings is 1. The van der Waals surface area contributed by atoms with Gasteiger partial charge in [0, 0.05) is 32.4 Å². The Balaban J connectivity index is 1.68. The third-order valence-corrected chi connectivity index (χ3v) is 4.36. The number of amides is 1. The van der Waals surface area contributed by atoms with Crippen LogP contribution in [0.4, 0.5) is 5.69 Å². The lowest BCUT2D eigenvalue weighted by Gasteiger charge is -2.36. The van der Waals surface area contributed by atoms with Crippen LogP contribution in [0.5, 0.6) is 5.75 Å². The van der Waals surface area contributed by atoms with Gasteiger partial charge in [0.05, 0.1) is 17.9 Å². The number of aromatic nitrogens is 1. The second kappa shape index (κ2) is 7.53. The highest BCUT2D eigenvalue weighted by molar-refractivity contribution is 6.32. The first-order valence-electron chi connectivity index (χ1n) is 8.07. The van der Waals surface area contributed by atoms with E-state index >= 15 is 0 Å². The first-order chi connectivity index (χ1) is 11.7. The molecule has 1 aromatic carbocycles. The van der Waals surface area contributed by atoms with Crippen molar-refractivity contribution < 1.29 is 9.53 Å². The van der Waals surface area contributed by atoms with E-state index in [1.54, 1.807) is 18.3 Å². The van der Waals surface area contributed by atoms with Gasteiger partial charge in [0.25, 0.3) is 5.91 Å². The maximum atomic E-state index is 12.6. The Kier molecular flexibility index (Phi) is 5.20. The maximum Gasteiger partial charge on any atom is 0.257 e. The third-order valence-electron chi connectivity index (χ3n) is 4.06. The summed E-state index contributed by atoms with van der Waals surface area (Å²) < 4.78 is 5.70. The topological polar surface area (TPSA) is 45.7 Å². The summed E-state index contributed by atoms with van der Waals surface area (Å²) in [6.07, 6.45) is 1.59. The highest BCUT2D eigenvalue weighted by atomic mass is 35.5. The third kappa shape index (κ3) is 3.46. The van der Waals surface area contributed by atoms with Crippen molar-refractivity contribution in [1.29, 1.82) is 0 Å². The van der Waals surface area contributed by atoms with Crippen LogP contribution in [0.3, 0.4) is 0 Å². The molecule has 0 atom stereocenters. The Hall–Kier alpha value is -2.27. The number of nitrogens with zero attached hydrogens (tertiary/aromatic N) is 3. The molecule has 5 nitrogen and oxygen atoms in total. The van der Waals surface area contributed by atoms with Crippen LogP contribution >= 0.6 is 11.6 Å². The number of carbonyl (C=O) groups is 1. The van der Waals surface area contributed by atoms with Gasteiger partial charge in [-0.3, -0.25) is 4.79 Å². The number of ether oxygens (including phenoxy) is 1. The van der Waals surface area contributed by atoms with Crippen LogP contribution in [0, 0.1) is 0 Å². The van der Waals surface area contributed by atoms with Gasteiger partial charge in [-0.25, -0.2) is 4.98 Å². The predicted molar refractivity (Wildman–Crippen MR) is 95.0 cm³/mol. The summed E-state index contributed by atoms with van der Waals surface area (Å²) in [7, 11) is 0. The number of hydrogen-bond donors (Lipinski definition) is 0. The van der Waals surface area contributed by atoms with Gasteiger partial charge in [0.1, 0.15) is 10.9 Å². The quantitative estimate of drug-likeness (QED) is 0.799. The highest BCUT2D eigenvalue weighted by Gasteiger charge is 2.25. The van der Waals surface area contributed by atoms with Crippen LogP contribution in [-0.4, -0.2) is 48.6 Å². The number of pyridine rings is 1. The van der Waals surface area contributed by atoms with Crippen LogP contribution in [0.15, 0.2) is 42.6 Å². The van der Waals surface area contributed by atoms with Gasteiger partial charge in [0.15, 0.2) is 0 Å². The van der Waals surface area contributed by atoms with Crippen LogP contribution in [-0.2, 0) is 0 Å². The van der Waals surface area contributed by atoms with Crippen molar-refractivity contribution in [1.82, 2.24) is 9.88 Å². The number of anilines is 1. The Morgan fingerprint density at radius 3 is 2.62 bits per heavy atom. The summed E-state index contributed by atoms with van der Waals surface area (Å²) in [6, 6.07) is 11.5. The van der Waals surface area contributed by atoms with E-state index in [1.807, 2.05) is 30.0 Å². The Bertz CT molecular complexity index is 715. The minimum Gasteiger partial charge on any atom is -0.492 e. The number of hydrogen-bond acceptors (Lipinski definition) is 4. The zero-order valence-electron chi connectivity index (χ0n) is 13.6. The molecule has 6 heteroatoms. The first kappa shape index (κ1) is 16.6. The Morgan fingerprint density at radius 2 is 1.92 bits per heavy atom. The standard InChI is InChI=1S/C18H20ClN3O2/c1-2-24-16-8-4-3-7-15(16)21-10-12-22(13-11-21)18(23)14-6-5-9-20-17(14)19/h3-9H,2,10-13H2,1H3. The number of para-hydroxylation sites is 2. The highest BCUT2D eigenvalue weighted by Crippen LogP contribution is 2.29. The van der Waals surface area contributed by atoms with Gasteiger partial charge >= 0.3 is 0 Å². The molecule has 0 bridgehead atoms. The molecule has 1 fully saturated rings. The second-order valence-corrected chi connectivity index (χ2v) is 5.88. The number of carbonyl (C=O) groups excluding carboxylic acids is 1. The molecule has 1 aliphatic rings. The maximum absolute atomic E-state index is 12.6. The van der Waals surface area contributed by atoms with Crippen molar-refractivity contribution >= 4 is 23.2 Å². The molecule has 1 saturated heterocycles. The molecule has 1 aliphatic heterocycles. The fourth-order valence-electron chi connectivity index (χ4n) is 2.86. The van der Waals surface area contributed by atoms with Crippen LogP contribution < -0.4 is 9.64 Å². The van der Waals surface area contributed by atoms with E-state index < -0.39 is 0 Å². The van der Waals surface area contributed by atoms with Crippen molar-refractivity contribution in [2.45, 2.75) is 6.92 Å². The lowest BCUT2D eigenvalue weighted by Crippen LogP contribution is -2.49. The van der Waals surface area contributed by atoms with E-state index in [2.05, 4.69) is 16.0 Å². The first-order valence-corrected chi connectivity index (χ1v) is 8.45. The molecule has 2 heterocycles. The molecule has 24 heavy (non-hydrogen) atoms. The number of rotatable bonds is 4. The Labute approximate surface area is 146 Å². The van der Waals surface area contributed by atoms with E-state index in [-0.39, 0.29) is 11.1 Å². The zero-order valence-corrected chi connectivity index (χ0v) is 14.4. The fraction of sp³-hybridized carbons (Fsp3) is 0.333. The van der Waals surface area contributed by atoms with Crippen molar-refractivity contribution in [2.24, 2.45) is 0 Å². The van der Waals surface area contributed by atoms with Crippen LogP contribution in [0.2, 0.25) is 5.15 Å². The van der Waals surface area contributed by atoms with E-state index in [9.17, 15) is 4.79 Å². The number of halogens is 1. The molecular weight excluding hydrogens is 326 g/mol. The summed E-state index contributed by atoms with van der Waals surface area (Å²) >= 11 is 6.03. The van der Waals surface area contributed by atoms with Crippen LogP contribution in [0.25, 0.3) is 0 Å². The molecule has 0 radical (unpaired) electrons. The molecule has 1 amide bonds. The smallest absolute Gasteiger partial charge is 0.257 e. The Morgan fingerprint density at radius 1 is 1.17 bits per heavy atom. The van der Waals surface area contributed by atoms with Gasteiger partial charge in [-0.2, -0.15) is 0 Å². The van der Waals surface area contributed by atoms with Crippen molar-refractivity contribution in [3.05, 3.63) is 53.3 Å². The molecule has 0 N–H and O–H groups in total. The van der Waals surface area contributed by atoms with Gasteiger partial charge in [-0.15, -0.1) is 0 Å². The molecular formula is C18H20ClN3O2. The summed E-state index contributed by atoms with van der Waals surface area (Å²) in [5, 5.41) is 0.256. The summed E-state index contributed by atoms with van der Waals surface area (Å²) in [5.41, 5.74) is 1.54. The fourth-order valence-corrected chi connectivity index (χ4v) is 3.06. The number of piperazine rings is 1. The van der Waals surface area contributed by atoms with Gasteiger partial charge < -0.3 is 14.5 Å². The SMILES string of the molecule is CCOc1ccccc1N1CCN(C(=O)c2cccnc2Cl)CC1. The van der Waals surface area contributed by atoms with E-state index in [0.29, 0.717) is 25.3 Å². The molecule has 126 valence electrons. The molecule has 0 saturated carbocycles. The summed E-state index contributed by atoms with van der Waals surface area (Å²) in [5.74, 6) is 0.820. The summed E-state index contributed by atoms with van der Waals surface area (Å²) in [6.45, 7) is 5.41. The minimum absolute atomic E-state index is 0.0640. The van der Waals surface area contributed by atoms with Crippen molar-refractivity contribution in [3.8, 4) is 5.75 Å². The van der Waals surface area contributed by atoms with Gasteiger partial charge in [-0.1, -0.05) is 23.7 Å². The van der Waals surface area contributed by atoms with Crippen LogP contribution in [0.1, 0.15) is 17.3 Å². The zero-order chi connectivity index (χ0) is 16.9. The minimum atomic E-state index is -0.0640. The lowest BCUT2D eigenvalue weighted by molar-refractivity contribution is 0.0746. The average molecular weight is 346 g/mol. The normalized spacial score (nSPS) is 14.6. The molecule has 0 spiro atoms. The van der Waals surface area contributed by atoms with Crippen molar-refractivity contribution in [3.63, 3.8) is 0 Å². The summed E-state index contributed by atoms with van der Waals surface area (Å²) in [4.78, 5) is 20.6. The van der Waals surface area contributed by atoms with E-state index in [1.165, 1.54) is 0 Å². The van der Waals surface area contributed by atoms with E-state index in [4.69, 9.17) is 16.3 Å². The van der Waals surface area contributed by atoms with Crippen molar-refractivity contribution in [2.75, 3.05) is 37.7 Å². The molecule has 0 aliphatic carbocycles. The van der Waals surface area contributed by atoms with Gasteiger partial charge in [-0.05, 0) is 31.2 Å². The molecule has 3 rings (SSSR count).